The van der Waals surface area contributed by atoms with Gasteiger partial charge in [0.05, 0.1) is 6.61 Å². The molecule has 0 aliphatic heterocycles. The molecular weight excluding hydrogens is 264 g/mol. The maximum atomic E-state index is 11.5. The molecule has 4 nitrogen and oxygen atoms in total. The Kier molecular flexibility index (Phi) is 6.19. The minimum Gasteiger partial charge on any atom is -0.383 e. The zero-order chi connectivity index (χ0) is 14.9. The van der Waals surface area contributed by atoms with E-state index in [1.54, 1.807) is 7.11 Å². The van der Waals surface area contributed by atoms with Crippen LogP contribution in [0.1, 0.15) is 12.0 Å². The first-order valence-corrected chi connectivity index (χ1v) is 7.23. The van der Waals surface area contributed by atoms with E-state index < -0.39 is 0 Å². The summed E-state index contributed by atoms with van der Waals surface area (Å²) in [4.78, 5) is 11.5. The van der Waals surface area contributed by atoms with Gasteiger partial charge in [-0.05, 0) is 22.4 Å². The number of carbonyl (C=O) groups excluding carboxylic acids is 1. The molecular formula is C17H22N2O2. The monoisotopic (exact) mass is 286 g/mol. The van der Waals surface area contributed by atoms with Crippen molar-refractivity contribution in [2.45, 2.75) is 13.0 Å². The van der Waals surface area contributed by atoms with Crippen LogP contribution in [0.15, 0.2) is 42.5 Å². The predicted molar refractivity (Wildman–Crippen MR) is 85.2 cm³/mol. The normalized spacial score (nSPS) is 10.7. The van der Waals surface area contributed by atoms with Crippen LogP contribution in [0.2, 0.25) is 0 Å². The van der Waals surface area contributed by atoms with Gasteiger partial charge in [-0.3, -0.25) is 4.79 Å². The fraction of sp³-hybridized carbons (Fsp3) is 0.353. The van der Waals surface area contributed by atoms with Gasteiger partial charge in [0.15, 0.2) is 0 Å². The van der Waals surface area contributed by atoms with Crippen molar-refractivity contribution in [1.82, 2.24) is 10.6 Å². The first-order chi connectivity index (χ1) is 10.3. The second-order valence-electron chi connectivity index (χ2n) is 4.95. The van der Waals surface area contributed by atoms with E-state index in [0.717, 1.165) is 6.54 Å². The molecule has 0 atom stereocenters. The highest BCUT2D eigenvalue weighted by molar-refractivity contribution is 5.83. The van der Waals surface area contributed by atoms with Crippen LogP contribution < -0.4 is 10.6 Å². The lowest BCUT2D eigenvalue weighted by Crippen LogP contribution is -2.29. The van der Waals surface area contributed by atoms with Crippen molar-refractivity contribution >= 4 is 16.7 Å². The quantitative estimate of drug-likeness (QED) is 0.731. The summed E-state index contributed by atoms with van der Waals surface area (Å²) in [6.45, 7) is 2.57. The molecule has 21 heavy (non-hydrogen) atoms. The minimum atomic E-state index is 0.0538. The molecule has 2 aromatic carbocycles. The summed E-state index contributed by atoms with van der Waals surface area (Å²) in [7, 11) is 1.62. The Morgan fingerprint density at radius 2 is 1.90 bits per heavy atom. The fourth-order valence-corrected chi connectivity index (χ4v) is 2.16. The molecule has 1 amide bonds. The largest absolute Gasteiger partial charge is 0.383 e. The van der Waals surface area contributed by atoms with Gasteiger partial charge in [0.1, 0.15) is 0 Å². The highest BCUT2D eigenvalue weighted by atomic mass is 16.5. The molecule has 0 aliphatic carbocycles. The van der Waals surface area contributed by atoms with Gasteiger partial charge in [0.25, 0.3) is 0 Å². The van der Waals surface area contributed by atoms with Crippen molar-refractivity contribution in [1.29, 1.82) is 0 Å². The van der Waals surface area contributed by atoms with Crippen molar-refractivity contribution < 1.29 is 9.53 Å². The Morgan fingerprint density at radius 1 is 1.10 bits per heavy atom. The molecule has 0 saturated heterocycles. The van der Waals surface area contributed by atoms with Gasteiger partial charge in [-0.1, -0.05) is 36.4 Å². The van der Waals surface area contributed by atoms with Crippen LogP contribution in [-0.4, -0.2) is 32.7 Å². The average molecular weight is 286 g/mol. The standard InChI is InChI=1S/C17H22N2O2/c1-21-11-10-19-17(20)8-9-18-13-14-6-7-15-4-2-3-5-16(15)12-14/h2-7,12,18H,8-11,13H2,1H3,(H,19,20). The second kappa shape index (κ2) is 8.39. The first kappa shape index (κ1) is 15.5. The van der Waals surface area contributed by atoms with Crippen molar-refractivity contribution in [3.05, 3.63) is 48.0 Å². The summed E-state index contributed by atoms with van der Waals surface area (Å²) in [6, 6.07) is 14.7. The molecule has 0 heterocycles. The fourth-order valence-electron chi connectivity index (χ4n) is 2.16. The Hall–Kier alpha value is -1.91. The lowest BCUT2D eigenvalue weighted by Gasteiger charge is -2.07. The summed E-state index contributed by atoms with van der Waals surface area (Å²) < 4.78 is 4.88. The Labute approximate surface area is 125 Å². The van der Waals surface area contributed by atoms with Crippen LogP contribution in [0.3, 0.4) is 0 Å². The van der Waals surface area contributed by atoms with Crippen LogP contribution in [0, 0.1) is 0 Å². The molecule has 0 aromatic heterocycles. The maximum Gasteiger partial charge on any atom is 0.221 e. The Balaban J connectivity index is 1.71. The smallest absolute Gasteiger partial charge is 0.221 e. The molecule has 2 N–H and O–H groups in total. The number of fused-ring (bicyclic) bond motifs is 1. The number of methoxy groups -OCH3 is 1. The predicted octanol–water partition coefficient (Wildman–Crippen LogP) is 2.08. The first-order valence-electron chi connectivity index (χ1n) is 7.23. The Morgan fingerprint density at radius 3 is 2.71 bits per heavy atom. The molecule has 2 aromatic rings. The molecule has 0 unspecified atom stereocenters. The van der Waals surface area contributed by atoms with E-state index in [1.165, 1.54) is 16.3 Å². The van der Waals surface area contributed by atoms with Crippen LogP contribution in [-0.2, 0) is 16.1 Å². The number of carbonyl (C=O) groups is 1. The summed E-state index contributed by atoms with van der Waals surface area (Å²) >= 11 is 0. The van der Waals surface area contributed by atoms with Gasteiger partial charge < -0.3 is 15.4 Å². The molecule has 0 saturated carbocycles. The molecule has 0 spiro atoms. The lowest BCUT2D eigenvalue weighted by atomic mass is 10.1. The topological polar surface area (TPSA) is 50.4 Å². The number of rotatable bonds is 8. The van der Waals surface area contributed by atoms with Crippen LogP contribution in [0.25, 0.3) is 10.8 Å². The van der Waals surface area contributed by atoms with Gasteiger partial charge in [0, 0.05) is 33.2 Å². The van der Waals surface area contributed by atoms with Crippen molar-refractivity contribution in [3.63, 3.8) is 0 Å². The van der Waals surface area contributed by atoms with E-state index in [1.807, 2.05) is 12.1 Å². The van der Waals surface area contributed by atoms with E-state index in [0.29, 0.717) is 26.1 Å². The van der Waals surface area contributed by atoms with Gasteiger partial charge in [-0.2, -0.15) is 0 Å². The highest BCUT2D eigenvalue weighted by Gasteiger charge is 2.00. The highest BCUT2D eigenvalue weighted by Crippen LogP contribution is 2.15. The average Bonchev–Trinajstić information content (AvgIpc) is 2.52. The minimum absolute atomic E-state index is 0.0538. The molecule has 2 rings (SSSR count). The van der Waals surface area contributed by atoms with Crippen LogP contribution in [0.5, 0.6) is 0 Å². The van der Waals surface area contributed by atoms with Gasteiger partial charge >= 0.3 is 0 Å². The number of ether oxygens (including phenoxy) is 1. The van der Waals surface area contributed by atoms with E-state index in [4.69, 9.17) is 4.74 Å². The van der Waals surface area contributed by atoms with Crippen molar-refractivity contribution in [2.75, 3.05) is 26.8 Å². The summed E-state index contributed by atoms with van der Waals surface area (Å²) in [6.07, 6.45) is 0.483. The maximum absolute atomic E-state index is 11.5. The summed E-state index contributed by atoms with van der Waals surface area (Å²) in [5.74, 6) is 0.0538. The van der Waals surface area contributed by atoms with E-state index in [-0.39, 0.29) is 5.91 Å². The SMILES string of the molecule is COCCNC(=O)CCNCc1ccc2ccccc2c1. The number of hydrogen-bond acceptors (Lipinski definition) is 3. The van der Waals surface area contributed by atoms with Gasteiger partial charge in [-0.25, -0.2) is 0 Å². The number of hydrogen-bond donors (Lipinski definition) is 2. The van der Waals surface area contributed by atoms with Crippen molar-refractivity contribution in [2.24, 2.45) is 0 Å². The molecule has 112 valence electrons. The van der Waals surface area contributed by atoms with Gasteiger partial charge in [0.2, 0.25) is 5.91 Å². The van der Waals surface area contributed by atoms with E-state index in [9.17, 15) is 4.79 Å². The van der Waals surface area contributed by atoms with Crippen LogP contribution in [0.4, 0.5) is 0 Å². The second-order valence-corrected chi connectivity index (χ2v) is 4.95. The zero-order valence-corrected chi connectivity index (χ0v) is 12.4. The molecule has 0 aliphatic rings. The van der Waals surface area contributed by atoms with E-state index in [2.05, 4.69) is 41.0 Å². The molecule has 0 radical (unpaired) electrons. The number of nitrogens with one attached hydrogen (secondary N) is 2. The summed E-state index contributed by atoms with van der Waals surface area (Å²) in [5.41, 5.74) is 1.23. The third-order valence-corrected chi connectivity index (χ3v) is 3.30. The van der Waals surface area contributed by atoms with Gasteiger partial charge in [-0.15, -0.1) is 0 Å². The summed E-state index contributed by atoms with van der Waals surface area (Å²) in [5, 5.41) is 8.59. The number of benzene rings is 2. The third-order valence-electron chi connectivity index (χ3n) is 3.30. The van der Waals surface area contributed by atoms with E-state index >= 15 is 0 Å². The Bertz CT molecular complexity index is 584. The third kappa shape index (κ3) is 5.17. The van der Waals surface area contributed by atoms with Crippen molar-refractivity contribution in [3.8, 4) is 0 Å². The lowest BCUT2D eigenvalue weighted by molar-refractivity contribution is -0.121. The molecule has 0 bridgehead atoms. The molecule has 0 fully saturated rings. The molecule has 4 heteroatoms. The zero-order valence-electron chi connectivity index (χ0n) is 12.4. The number of amides is 1. The van der Waals surface area contributed by atoms with Crippen LogP contribution >= 0.6 is 0 Å².